The number of oxime groups is 1. The van der Waals surface area contributed by atoms with E-state index in [0.717, 1.165) is 10.5 Å². The molecular weight excluding hydrogens is 236 g/mol. The Morgan fingerprint density at radius 2 is 2.06 bits per heavy atom. The summed E-state index contributed by atoms with van der Waals surface area (Å²) in [5.74, 6) is 0.0917. The molecule has 0 heterocycles. The molecule has 0 saturated carbocycles. The van der Waals surface area contributed by atoms with Gasteiger partial charge in [-0.15, -0.1) is 11.8 Å². The van der Waals surface area contributed by atoms with Gasteiger partial charge in [-0.1, -0.05) is 30.3 Å². The number of aliphatic hydroxyl groups is 1. The fourth-order valence-electron chi connectivity index (χ4n) is 1.35. The number of amidine groups is 1. The maximum atomic E-state index is 9.53. The monoisotopic (exact) mass is 254 g/mol. The van der Waals surface area contributed by atoms with Gasteiger partial charge in [0.2, 0.25) is 0 Å². The van der Waals surface area contributed by atoms with Crippen molar-refractivity contribution in [2.24, 2.45) is 10.9 Å². The van der Waals surface area contributed by atoms with E-state index in [2.05, 4.69) is 5.16 Å². The molecule has 0 radical (unpaired) electrons. The van der Waals surface area contributed by atoms with E-state index in [1.807, 2.05) is 26.0 Å². The minimum absolute atomic E-state index is 0.0429. The smallest absolute Gasteiger partial charge is 0.171 e. The zero-order chi connectivity index (χ0) is 13.0. The fourth-order valence-corrected chi connectivity index (χ4v) is 2.47. The van der Waals surface area contributed by atoms with Crippen molar-refractivity contribution in [2.75, 3.05) is 0 Å². The van der Waals surface area contributed by atoms with Gasteiger partial charge >= 0.3 is 0 Å². The van der Waals surface area contributed by atoms with E-state index in [1.165, 1.54) is 11.8 Å². The molecule has 0 saturated heterocycles. The van der Waals surface area contributed by atoms with Gasteiger partial charge in [0.25, 0.3) is 0 Å². The molecule has 17 heavy (non-hydrogen) atoms. The van der Waals surface area contributed by atoms with Crippen LogP contribution in [0.2, 0.25) is 0 Å². The van der Waals surface area contributed by atoms with Crippen molar-refractivity contribution in [3.63, 3.8) is 0 Å². The molecule has 0 amide bonds. The first kappa shape index (κ1) is 13.9. The number of nitrogens with zero attached hydrogens (tertiary/aromatic N) is 1. The van der Waals surface area contributed by atoms with E-state index < -0.39 is 6.10 Å². The minimum Gasteiger partial charge on any atom is -0.409 e. The number of aliphatic hydroxyl groups excluding tert-OH is 1. The highest BCUT2D eigenvalue weighted by atomic mass is 32.2. The van der Waals surface area contributed by atoms with Crippen molar-refractivity contribution in [2.45, 2.75) is 37.0 Å². The van der Waals surface area contributed by atoms with Crippen molar-refractivity contribution >= 4 is 17.6 Å². The quantitative estimate of drug-likeness (QED) is 0.252. The molecule has 94 valence electrons. The van der Waals surface area contributed by atoms with Crippen LogP contribution in [0.5, 0.6) is 0 Å². The number of aryl methyl sites for hydroxylation is 1. The number of nitrogens with two attached hydrogens (primary N) is 1. The maximum absolute atomic E-state index is 9.53. The molecule has 0 fully saturated rings. The van der Waals surface area contributed by atoms with Gasteiger partial charge in [0.15, 0.2) is 5.84 Å². The molecule has 0 aromatic heterocycles. The highest BCUT2D eigenvalue weighted by Crippen LogP contribution is 2.31. The average Bonchev–Trinajstić information content (AvgIpc) is 2.30. The molecule has 0 bridgehead atoms. The zero-order valence-electron chi connectivity index (χ0n) is 10.2. The first-order valence-corrected chi connectivity index (χ1v) is 6.27. The van der Waals surface area contributed by atoms with Gasteiger partial charge in [0, 0.05) is 15.7 Å². The lowest BCUT2D eigenvalue weighted by Gasteiger charge is -2.18. The lowest BCUT2D eigenvalue weighted by atomic mass is 10.1. The lowest BCUT2D eigenvalue weighted by Crippen LogP contribution is -2.18. The van der Waals surface area contributed by atoms with E-state index in [-0.39, 0.29) is 11.1 Å². The third-order valence-corrected chi connectivity index (χ3v) is 4.12. The Kier molecular flexibility index (Phi) is 4.84. The minimum atomic E-state index is -0.417. The molecule has 4 N–H and O–H groups in total. The molecule has 5 heteroatoms. The second-order valence-corrected chi connectivity index (χ2v) is 5.39. The van der Waals surface area contributed by atoms with Crippen LogP contribution >= 0.6 is 11.8 Å². The molecule has 0 aliphatic carbocycles. The van der Waals surface area contributed by atoms with E-state index in [1.54, 1.807) is 13.0 Å². The fraction of sp³-hybridized carbons (Fsp3) is 0.417. The highest BCUT2D eigenvalue weighted by Gasteiger charge is 2.16. The first-order chi connectivity index (χ1) is 7.97. The third-order valence-electron chi connectivity index (χ3n) is 2.58. The number of benzene rings is 1. The first-order valence-electron chi connectivity index (χ1n) is 5.39. The Hall–Kier alpha value is -1.20. The summed E-state index contributed by atoms with van der Waals surface area (Å²) in [6.45, 7) is 5.65. The summed E-state index contributed by atoms with van der Waals surface area (Å²) in [5, 5.41) is 21.4. The van der Waals surface area contributed by atoms with E-state index in [9.17, 15) is 5.11 Å². The molecule has 4 nitrogen and oxygen atoms in total. The van der Waals surface area contributed by atoms with Gasteiger partial charge in [0.05, 0.1) is 6.10 Å². The SMILES string of the molecule is Cc1cccc(/C(N)=N/O)c1SC(C)C(C)O. The molecule has 2 atom stereocenters. The van der Waals surface area contributed by atoms with E-state index in [4.69, 9.17) is 10.9 Å². The molecule has 2 unspecified atom stereocenters. The summed E-state index contributed by atoms with van der Waals surface area (Å²) in [5.41, 5.74) is 7.39. The van der Waals surface area contributed by atoms with E-state index in [0.29, 0.717) is 5.56 Å². The van der Waals surface area contributed by atoms with Crippen molar-refractivity contribution in [3.05, 3.63) is 29.3 Å². The van der Waals surface area contributed by atoms with Crippen LogP contribution in [-0.4, -0.2) is 27.5 Å². The normalized spacial score (nSPS) is 15.6. The standard InChI is InChI=1S/C12H18N2O2S/c1-7-5-4-6-10(12(13)14-16)11(7)17-9(3)8(2)15/h4-6,8-9,15-16H,1-3H3,(H2,13,14). The van der Waals surface area contributed by atoms with Crippen LogP contribution in [0, 0.1) is 6.92 Å². The van der Waals surface area contributed by atoms with Crippen LogP contribution in [0.15, 0.2) is 28.3 Å². The van der Waals surface area contributed by atoms with Crippen molar-refractivity contribution < 1.29 is 10.3 Å². The van der Waals surface area contributed by atoms with Crippen LogP contribution in [0.3, 0.4) is 0 Å². The second kappa shape index (κ2) is 5.93. The summed E-state index contributed by atoms with van der Waals surface area (Å²) in [4.78, 5) is 0.941. The van der Waals surface area contributed by atoms with Gasteiger partial charge in [-0.2, -0.15) is 0 Å². The molecule has 0 spiro atoms. The Morgan fingerprint density at radius 1 is 1.41 bits per heavy atom. The van der Waals surface area contributed by atoms with Crippen LogP contribution in [0.1, 0.15) is 25.0 Å². The highest BCUT2D eigenvalue weighted by molar-refractivity contribution is 8.00. The summed E-state index contributed by atoms with van der Waals surface area (Å²) < 4.78 is 0. The number of hydrogen-bond acceptors (Lipinski definition) is 4. The average molecular weight is 254 g/mol. The number of thioether (sulfide) groups is 1. The van der Waals surface area contributed by atoms with Gasteiger partial charge in [0.1, 0.15) is 0 Å². The summed E-state index contributed by atoms with van der Waals surface area (Å²) in [6, 6.07) is 5.63. The second-order valence-electron chi connectivity index (χ2n) is 4.00. The van der Waals surface area contributed by atoms with Crippen LogP contribution < -0.4 is 5.73 Å². The van der Waals surface area contributed by atoms with Crippen molar-refractivity contribution in [1.82, 2.24) is 0 Å². The number of rotatable bonds is 4. The summed E-state index contributed by atoms with van der Waals surface area (Å²) in [6.07, 6.45) is -0.417. The third kappa shape index (κ3) is 3.38. The Morgan fingerprint density at radius 3 is 2.59 bits per heavy atom. The predicted octanol–water partition coefficient (Wildman–Crippen LogP) is 1.95. The Labute approximate surface area is 106 Å². The van der Waals surface area contributed by atoms with Gasteiger partial charge in [-0.25, -0.2) is 0 Å². The Balaban J connectivity index is 3.12. The van der Waals surface area contributed by atoms with Gasteiger partial charge in [-0.05, 0) is 19.4 Å². The molecule has 0 aliphatic heterocycles. The lowest BCUT2D eigenvalue weighted by molar-refractivity contribution is 0.196. The number of hydrogen-bond donors (Lipinski definition) is 3. The van der Waals surface area contributed by atoms with Gasteiger partial charge < -0.3 is 16.0 Å². The van der Waals surface area contributed by atoms with Crippen LogP contribution in [-0.2, 0) is 0 Å². The van der Waals surface area contributed by atoms with Crippen molar-refractivity contribution in [3.8, 4) is 0 Å². The van der Waals surface area contributed by atoms with E-state index >= 15 is 0 Å². The Bertz CT molecular complexity index is 419. The molecular formula is C12H18N2O2S. The van der Waals surface area contributed by atoms with Crippen molar-refractivity contribution in [1.29, 1.82) is 0 Å². The molecule has 1 aromatic carbocycles. The van der Waals surface area contributed by atoms with Gasteiger partial charge in [-0.3, -0.25) is 0 Å². The molecule has 0 aliphatic rings. The topological polar surface area (TPSA) is 78.8 Å². The maximum Gasteiger partial charge on any atom is 0.171 e. The predicted molar refractivity (Wildman–Crippen MR) is 70.7 cm³/mol. The van der Waals surface area contributed by atoms with Crippen LogP contribution in [0.4, 0.5) is 0 Å². The van der Waals surface area contributed by atoms with Crippen LogP contribution in [0.25, 0.3) is 0 Å². The zero-order valence-corrected chi connectivity index (χ0v) is 11.0. The summed E-state index contributed by atoms with van der Waals surface area (Å²) in [7, 11) is 0. The molecule has 1 aromatic rings. The molecule has 1 rings (SSSR count). The summed E-state index contributed by atoms with van der Waals surface area (Å²) >= 11 is 1.53. The largest absolute Gasteiger partial charge is 0.409 e.